The molecule has 0 saturated carbocycles. The summed E-state index contributed by atoms with van der Waals surface area (Å²) in [5, 5.41) is 0. The van der Waals surface area contributed by atoms with Crippen LogP contribution in [0, 0.1) is 5.82 Å². The van der Waals surface area contributed by atoms with E-state index in [-0.39, 0.29) is 13.0 Å². The third-order valence-electron chi connectivity index (χ3n) is 2.08. The van der Waals surface area contributed by atoms with Gasteiger partial charge in [-0.25, -0.2) is 8.78 Å². The second-order valence-electron chi connectivity index (χ2n) is 3.28. The Morgan fingerprint density at radius 2 is 1.88 bits per heavy atom. The lowest BCUT2D eigenvalue weighted by Gasteiger charge is -2.12. The Hall–Kier alpha value is -1.17. The SMILES string of the molecule is NCCC(F)c1cc(C(F)(F)F)ccc1F. The third kappa shape index (κ3) is 2.91. The summed E-state index contributed by atoms with van der Waals surface area (Å²) in [6.07, 6.45) is -6.63. The van der Waals surface area contributed by atoms with Gasteiger partial charge in [0.05, 0.1) is 5.56 Å². The van der Waals surface area contributed by atoms with Crippen LogP contribution in [0.3, 0.4) is 0 Å². The number of hydrogen-bond donors (Lipinski definition) is 1. The number of alkyl halides is 4. The van der Waals surface area contributed by atoms with Gasteiger partial charge in [-0.15, -0.1) is 0 Å². The molecule has 1 aromatic carbocycles. The molecule has 0 amide bonds. The topological polar surface area (TPSA) is 26.0 Å². The summed E-state index contributed by atoms with van der Waals surface area (Å²) in [5.74, 6) is -0.992. The molecular formula is C10H10F5N. The second kappa shape index (κ2) is 4.78. The van der Waals surface area contributed by atoms with Crippen molar-refractivity contribution in [3.05, 3.63) is 35.1 Å². The van der Waals surface area contributed by atoms with Crippen molar-refractivity contribution in [2.75, 3.05) is 6.54 Å². The van der Waals surface area contributed by atoms with Gasteiger partial charge < -0.3 is 5.73 Å². The van der Waals surface area contributed by atoms with E-state index < -0.39 is 29.3 Å². The average molecular weight is 239 g/mol. The van der Waals surface area contributed by atoms with Crippen LogP contribution in [0.15, 0.2) is 18.2 Å². The van der Waals surface area contributed by atoms with Gasteiger partial charge in [-0.2, -0.15) is 13.2 Å². The minimum Gasteiger partial charge on any atom is -0.330 e. The largest absolute Gasteiger partial charge is 0.416 e. The first-order chi connectivity index (χ1) is 7.36. The van der Waals surface area contributed by atoms with Gasteiger partial charge in [-0.3, -0.25) is 0 Å². The van der Waals surface area contributed by atoms with Crippen LogP contribution in [0.5, 0.6) is 0 Å². The van der Waals surface area contributed by atoms with Crippen molar-refractivity contribution in [3.63, 3.8) is 0 Å². The van der Waals surface area contributed by atoms with E-state index in [0.717, 1.165) is 0 Å². The Labute approximate surface area is 89.1 Å². The fraction of sp³-hybridized carbons (Fsp3) is 0.400. The summed E-state index contributed by atoms with van der Waals surface area (Å²) in [6.45, 7) is -0.0587. The van der Waals surface area contributed by atoms with E-state index in [0.29, 0.717) is 18.2 Å². The molecule has 0 aliphatic rings. The first-order valence-electron chi connectivity index (χ1n) is 4.57. The van der Waals surface area contributed by atoms with Crippen molar-refractivity contribution in [1.82, 2.24) is 0 Å². The number of rotatable bonds is 3. The summed E-state index contributed by atoms with van der Waals surface area (Å²) < 4.78 is 63.2. The Kier molecular flexibility index (Phi) is 3.85. The van der Waals surface area contributed by atoms with E-state index in [9.17, 15) is 22.0 Å². The van der Waals surface area contributed by atoms with Gasteiger partial charge in [0.15, 0.2) is 0 Å². The van der Waals surface area contributed by atoms with Gasteiger partial charge in [0.25, 0.3) is 0 Å². The van der Waals surface area contributed by atoms with Crippen molar-refractivity contribution in [2.24, 2.45) is 5.73 Å². The fourth-order valence-corrected chi connectivity index (χ4v) is 1.26. The van der Waals surface area contributed by atoms with Gasteiger partial charge in [-0.1, -0.05) is 0 Å². The highest BCUT2D eigenvalue weighted by Gasteiger charge is 2.31. The summed E-state index contributed by atoms with van der Waals surface area (Å²) >= 11 is 0. The maximum Gasteiger partial charge on any atom is 0.416 e. The van der Waals surface area contributed by atoms with E-state index in [1.165, 1.54) is 0 Å². The highest BCUT2D eigenvalue weighted by Crippen LogP contribution is 2.33. The molecule has 6 heteroatoms. The van der Waals surface area contributed by atoms with Crippen LogP contribution in [0.1, 0.15) is 23.7 Å². The van der Waals surface area contributed by atoms with Gasteiger partial charge in [-0.05, 0) is 31.2 Å². The number of hydrogen-bond acceptors (Lipinski definition) is 1. The minimum absolute atomic E-state index is 0.0587. The summed E-state index contributed by atoms with van der Waals surface area (Å²) in [7, 11) is 0. The molecular weight excluding hydrogens is 229 g/mol. The predicted molar refractivity (Wildman–Crippen MR) is 48.9 cm³/mol. The lowest BCUT2D eigenvalue weighted by Crippen LogP contribution is -2.09. The van der Waals surface area contributed by atoms with Crippen molar-refractivity contribution in [3.8, 4) is 0 Å². The molecule has 1 nitrogen and oxygen atoms in total. The van der Waals surface area contributed by atoms with Gasteiger partial charge >= 0.3 is 6.18 Å². The Morgan fingerprint density at radius 3 is 2.38 bits per heavy atom. The third-order valence-corrected chi connectivity index (χ3v) is 2.08. The van der Waals surface area contributed by atoms with Crippen LogP contribution < -0.4 is 5.73 Å². The summed E-state index contributed by atoms with van der Waals surface area (Å²) in [6, 6.07) is 1.67. The molecule has 1 aromatic rings. The van der Waals surface area contributed by atoms with Crippen molar-refractivity contribution in [2.45, 2.75) is 18.8 Å². The molecule has 0 bridgehead atoms. The first kappa shape index (κ1) is 12.9. The van der Waals surface area contributed by atoms with Gasteiger partial charge in [0, 0.05) is 5.56 Å². The van der Waals surface area contributed by atoms with E-state index in [4.69, 9.17) is 5.73 Å². The molecule has 1 unspecified atom stereocenters. The van der Waals surface area contributed by atoms with Crippen LogP contribution in [0.2, 0.25) is 0 Å². The number of benzene rings is 1. The molecule has 2 N–H and O–H groups in total. The first-order valence-corrected chi connectivity index (χ1v) is 4.57. The smallest absolute Gasteiger partial charge is 0.330 e. The molecule has 90 valence electrons. The van der Waals surface area contributed by atoms with Crippen molar-refractivity contribution in [1.29, 1.82) is 0 Å². The van der Waals surface area contributed by atoms with Gasteiger partial charge in [0.2, 0.25) is 0 Å². The number of nitrogens with two attached hydrogens (primary N) is 1. The second-order valence-corrected chi connectivity index (χ2v) is 3.28. The molecule has 16 heavy (non-hydrogen) atoms. The van der Waals surface area contributed by atoms with Gasteiger partial charge in [0.1, 0.15) is 12.0 Å². The lowest BCUT2D eigenvalue weighted by atomic mass is 10.0. The number of halogens is 5. The Bertz CT molecular complexity index is 361. The molecule has 0 aliphatic heterocycles. The van der Waals surface area contributed by atoms with Crippen LogP contribution in [0.25, 0.3) is 0 Å². The summed E-state index contributed by atoms with van der Waals surface area (Å²) in [4.78, 5) is 0. The van der Waals surface area contributed by atoms with E-state index in [1.807, 2.05) is 0 Å². The van der Waals surface area contributed by atoms with Crippen molar-refractivity contribution < 1.29 is 22.0 Å². The molecule has 0 heterocycles. The van der Waals surface area contributed by atoms with Crippen LogP contribution in [-0.4, -0.2) is 6.54 Å². The predicted octanol–water partition coefficient (Wildman–Crippen LogP) is 3.20. The maximum atomic E-state index is 13.3. The molecule has 0 aliphatic carbocycles. The minimum atomic E-state index is -4.61. The fourth-order valence-electron chi connectivity index (χ4n) is 1.26. The summed E-state index contributed by atoms with van der Waals surface area (Å²) in [5.41, 5.74) is 3.39. The molecule has 0 radical (unpaired) electrons. The van der Waals surface area contributed by atoms with Crippen LogP contribution in [0.4, 0.5) is 22.0 Å². The zero-order valence-corrected chi connectivity index (χ0v) is 8.19. The molecule has 0 spiro atoms. The molecule has 1 atom stereocenters. The highest BCUT2D eigenvalue weighted by atomic mass is 19.4. The molecule has 0 saturated heterocycles. The average Bonchev–Trinajstić information content (AvgIpc) is 2.16. The maximum absolute atomic E-state index is 13.3. The van der Waals surface area contributed by atoms with Crippen LogP contribution in [-0.2, 0) is 6.18 Å². The monoisotopic (exact) mass is 239 g/mol. The lowest BCUT2D eigenvalue weighted by molar-refractivity contribution is -0.137. The van der Waals surface area contributed by atoms with E-state index in [2.05, 4.69) is 0 Å². The highest BCUT2D eigenvalue weighted by molar-refractivity contribution is 5.28. The Balaban J connectivity index is 3.09. The standard InChI is InChI=1S/C10H10F5N/c11-8-2-1-6(10(13,14)15)5-7(8)9(12)3-4-16/h1-2,5,9H,3-4,16H2. The molecule has 1 rings (SSSR count). The molecule has 0 aromatic heterocycles. The normalized spacial score (nSPS) is 13.9. The van der Waals surface area contributed by atoms with E-state index in [1.54, 1.807) is 0 Å². The van der Waals surface area contributed by atoms with Crippen LogP contribution >= 0.6 is 0 Å². The quantitative estimate of drug-likeness (QED) is 0.805. The Morgan fingerprint density at radius 1 is 1.25 bits per heavy atom. The zero-order valence-electron chi connectivity index (χ0n) is 8.19. The van der Waals surface area contributed by atoms with Crippen molar-refractivity contribution >= 4 is 0 Å². The molecule has 0 fully saturated rings. The van der Waals surface area contributed by atoms with E-state index >= 15 is 0 Å². The zero-order chi connectivity index (χ0) is 12.3.